The minimum Gasteiger partial charge on any atom is -0.290 e. The van der Waals surface area contributed by atoms with Gasteiger partial charge in [-0.2, -0.15) is 0 Å². The van der Waals surface area contributed by atoms with Gasteiger partial charge in [-0.1, -0.05) is 12.8 Å². The number of alkyl halides is 1. The van der Waals surface area contributed by atoms with Crippen molar-refractivity contribution in [2.75, 3.05) is 26.3 Å². The first-order valence-corrected chi connectivity index (χ1v) is 3.07. The van der Waals surface area contributed by atoms with Gasteiger partial charge in [0.1, 0.15) is 6.67 Å². The Morgan fingerprint density at radius 2 is 2.33 bits per heavy atom. The summed E-state index contributed by atoms with van der Waals surface area (Å²) in [5.41, 5.74) is 0. The fourth-order valence-corrected chi connectivity index (χ4v) is 0.598. The summed E-state index contributed by atoms with van der Waals surface area (Å²) in [5.74, 6) is 2.46. The summed E-state index contributed by atoms with van der Waals surface area (Å²) < 4.78 is 11.6. The molecule has 0 unspecified atom stereocenters. The molecule has 52 valence electrons. The second-order valence-corrected chi connectivity index (χ2v) is 1.76. The first-order chi connectivity index (χ1) is 4.35. The lowest BCUT2D eigenvalue weighted by Gasteiger charge is -2.13. The summed E-state index contributed by atoms with van der Waals surface area (Å²) in [6.07, 6.45) is 5.02. The fraction of sp³-hybridized carbons (Fsp3) is 0.714. The second kappa shape index (κ2) is 5.58. The molecule has 0 amide bonds. The number of hydrogen-bond donors (Lipinski definition) is 0. The van der Waals surface area contributed by atoms with Gasteiger partial charge >= 0.3 is 0 Å². The molecular formula is C7H12FN. The Morgan fingerprint density at radius 3 is 2.67 bits per heavy atom. The molecule has 0 saturated heterocycles. The number of rotatable bonds is 4. The van der Waals surface area contributed by atoms with Gasteiger partial charge < -0.3 is 0 Å². The quantitative estimate of drug-likeness (QED) is 0.510. The van der Waals surface area contributed by atoms with Gasteiger partial charge in [0.25, 0.3) is 0 Å². The maximum Gasteiger partial charge on any atom is 0.102 e. The summed E-state index contributed by atoms with van der Waals surface area (Å²) >= 11 is 0. The van der Waals surface area contributed by atoms with Crippen LogP contribution in [0.25, 0.3) is 0 Å². The van der Waals surface area contributed by atoms with Crippen LogP contribution in [0.15, 0.2) is 0 Å². The molecule has 0 N–H and O–H groups in total. The monoisotopic (exact) mass is 129 g/mol. The zero-order chi connectivity index (χ0) is 7.11. The number of halogens is 1. The third-order valence-corrected chi connectivity index (χ3v) is 1.16. The predicted molar refractivity (Wildman–Crippen MR) is 36.9 cm³/mol. The van der Waals surface area contributed by atoms with E-state index in [1.165, 1.54) is 0 Å². The zero-order valence-corrected chi connectivity index (χ0v) is 5.73. The standard InChI is InChI=1S/C7H12FN/c1-3-6-9(4-2)7-5-8/h1H,4-7H2,2H3. The number of nitrogens with zero attached hydrogens (tertiary/aromatic N) is 1. The molecule has 0 aromatic carbocycles. The molecule has 1 nitrogen and oxygen atoms in total. The van der Waals surface area contributed by atoms with Crippen molar-refractivity contribution in [3.8, 4) is 12.3 Å². The third kappa shape index (κ3) is 3.99. The average molecular weight is 129 g/mol. The molecule has 0 spiro atoms. The highest BCUT2D eigenvalue weighted by atomic mass is 19.1. The van der Waals surface area contributed by atoms with E-state index in [-0.39, 0.29) is 6.67 Å². The van der Waals surface area contributed by atoms with Crippen LogP contribution in [0.3, 0.4) is 0 Å². The highest BCUT2D eigenvalue weighted by Gasteiger charge is 1.96. The maximum atomic E-state index is 11.6. The predicted octanol–water partition coefficient (Wildman–Crippen LogP) is 0.911. The topological polar surface area (TPSA) is 3.24 Å². The molecule has 0 bridgehead atoms. The van der Waals surface area contributed by atoms with E-state index in [0.29, 0.717) is 13.1 Å². The summed E-state index contributed by atoms with van der Waals surface area (Å²) in [6, 6.07) is 0. The van der Waals surface area contributed by atoms with Gasteiger partial charge in [-0.05, 0) is 6.54 Å². The van der Waals surface area contributed by atoms with Gasteiger partial charge in [0.15, 0.2) is 0 Å². The van der Waals surface area contributed by atoms with Crippen molar-refractivity contribution in [2.45, 2.75) is 6.92 Å². The molecule has 0 aromatic rings. The molecule has 9 heavy (non-hydrogen) atoms. The molecule has 0 rings (SSSR count). The van der Waals surface area contributed by atoms with E-state index in [9.17, 15) is 4.39 Å². The first kappa shape index (κ1) is 8.45. The molecule has 0 aliphatic rings. The Labute approximate surface area is 55.9 Å². The van der Waals surface area contributed by atoms with Crippen LogP contribution in [-0.4, -0.2) is 31.2 Å². The van der Waals surface area contributed by atoms with Crippen molar-refractivity contribution >= 4 is 0 Å². The van der Waals surface area contributed by atoms with Crippen molar-refractivity contribution in [2.24, 2.45) is 0 Å². The molecule has 0 aliphatic heterocycles. The molecule has 0 radical (unpaired) electrons. The van der Waals surface area contributed by atoms with E-state index in [2.05, 4.69) is 5.92 Å². The van der Waals surface area contributed by atoms with Crippen molar-refractivity contribution in [1.82, 2.24) is 4.90 Å². The van der Waals surface area contributed by atoms with E-state index in [0.717, 1.165) is 6.54 Å². The van der Waals surface area contributed by atoms with E-state index >= 15 is 0 Å². The lowest BCUT2D eigenvalue weighted by atomic mass is 10.5. The first-order valence-electron chi connectivity index (χ1n) is 3.07. The highest BCUT2D eigenvalue weighted by molar-refractivity contribution is 4.87. The minimum absolute atomic E-state index is 0.310. The van der Waals surface area contributed by atoms with Crippen molar-refractivity contribution in [3.63, 3.8) is 0 Å². The van der Waals surface area contributed by atoms with E-state index in [1.807, 2.05) is 11.8 Å². The average Bonchev–Trinajstić information content (AvgIpc) is 1.88. The van der Waals surface area contributed by atoms with Gasteiger partial charge in [-0.25, -0.2) is 4.39 Å². The fourth-order valence-electron chi connectivity index (χ4n) is 0.598. The summed E-state index contributed by atoms with van der Waals surface area (Å²) in [4.78, 5) is 1.88. The van der Waals surface area contributed by atoms with Crippen molar-refractivity contribution in [3.05, 3.63) is 0 Å². The highest BCUT2D eigenvalue weighted by Crippen LogP contribution is 1.84. The van der Waals surface area contributed by atoms with Gasteiger partial charge in [-0.3, -0.25) is 4.90 Å². The summed E-state index contributed by atoms with van der Waals surface area (Å²) in [5, 5.41) is 0. The van der Waals surface area contributed by atoms with Crippen LogP contribution in [0.4, 0.5) is 4.39 Å². The zero-order valence-electron chi connectivity index (χ0n) is 5.73. The van der Waals surface area contributed by atoms with Crippen LogP contribution in [0, 0.1) is 12.3 Å². The van der Waals surface area contributed by atoms with Crippen molar-refractivity contribution in [1.29, 1.82) is 0 Å². The Balaban J connectivity index is 3.32. The lowest BCUT2D eigenvalue weighted by Crippen LogP contribution is -2.25. The Hall–Kier alpha value is -0.550. The smallest absolute Gasteiger partial charge is 0.102 e. The molecule has 0 fully saturated rings. The van der Waals surface area contributed by atoms with Crippen LogP contribution >= 0.6 is 0 Å². The van der Waals surface area contributed by atoms with Crippen LogP contribution in [0.2, 0.25) is 0 Å². The third-order valence-electron chi connectivity index (χ3n) is 1.16. The molecule has 0 aromatic heterocycles. The number of hydrogen-bond acceptors (Lipinski definition) is 1. The Bertz CT molecular complexity index is 95.6. The van der Waals surface area contributed by atoms with Crippen molar-refractivity contribution < 1.29 is 4.39 Å². The SMILES string of the molecule is C#CCN(CC)CCF. The second-order valence-electron chi connectivity index (χ2n) is 1.76. The maximum absolute atomic E-state index is 11.6. The van der Waals surface area contributed by atoms with E-state index < -0.39 is 0 Å². The summed E-state index contributed by atoms with van der Waals surface area (Å²) in [6.45, 7) is 3.50. The van der Waals surface area contributed by atoms with Gasteiger partial charge in [0.2, 0.25) is 0 Å². The van der Waals surface area contributed by atoms with Crippen LogP contribution in [0.1, 0.15) is 6.92 Å². The van der Waals surface area contributed by atoms with Crippen LogP contribution in [0.5, 0.6) is 0 Å². The van der Waals surface area contributed by atoms with Gasteiger partial charge in [0, 0.05) is 6.54 Å². The van der Waals surface area contributed by atoms with Gasteiger partial charge in [0.05, 0.1) is 6.54 Å². The number of terminal acetylenes is 1. The molecule has 0 aliphatic carbocycles. The molecule has 2 heteroatoms. The Kier molecular flexibility index (Phi) is 5.24. The van der Waals surface area contributed by atoms with E-state index in [4.69, 9.17) is 6.42 Å². The molecular weight excluding hydrogens is 117 g/mol. The lowest BCUT2D eigenvalue weighted by molar-refractivity contribution is 0.286. The molecule has 0 saturated carbocycles. The van der Waals surface area contributed by atoms with Crippen LogP contribution in [-0.2, 0) is 0 Å². The normalized spacial score (nSPS) is 9.56. The van der Waals surface area contributed by atoms with Gasteiger partial charge in [-0.15, -0.1) is 6.42 Å². The molecule has 0 atom stereocenters. The minimum atomic E-state index is -0.310. The molecule has 0 heterocycles. The summed E-state index contributed by atoms with van der Waals surface area (Å²) in [7, 11) is 0. The largest absolute Gasteiger partial charge is 0.290 e. The van der Waals surface area contributed by atoms with E-state index in [1.54, 1.807) is 0 Å². The Morgan fingerprint density at radius 1 is 1.67 bits per heavy atom. The van der Waals surface area contributed by atoms with Crippen LogP contribution < -0.4 is 0 Å².